The van der Waals surface area contributed by atoms with Gasteiger partial charge in [0, 0.05) is 35.5 Å². The summed E-state index contributed by atoms with van der Waals surface area (Å²) >= 11 is 4.94. The summed E-state index contributed by atoms with van der Waals surface area (Å²) in [7, 11) is -3.84. The Hall–Kier alpha value is -0.800. The molecule has 0 spiro atoms. The molecule has 1 aromatic heterocycles. The molecular weight excluding hydrogens is 403 g/mol. The third kappa shape index (κ3) is 4.00. The summed E-state index contributed by atoms with van der Waals surface area (Å²) in [5.41, 5.74) is 1.32. The lowest BCUT2D eigenvalue weighted by atomic mass is 10.1. The van der Waals surface area contributed by atoms with Gasteiger partial charge in [-0.1, -0.05) is 15.9 Å². The number of thiophene rings is 1. The fourth-order valence-corrected chi connectivity index (χ4v) is 5.12. The standard InChI is InChI=1S/C15H16BrFN2O2S2/c16-12-1-2-13(17)15(9-12)23(20,21)18-5-7-19-6-3-14-11(10-19)4-8-22-14/h1-2,4,8-9,18H,3,5-7,10H2. The van der Waals surface area contributed by atoms with Gasteiger partial charge in [0.25, 0.3) is 0 Å². The Balaban J connectivity index is 1.59. The molecular formula is C15H16BrFN2O2S2. The Labute approximate surface area is 147 Å². The maximum atomic E-state index is 13.7. The minimum Gasteiger partial charge on any atom is -0.297 e. The van der Waals surface area contributed by atoms with E-state index < -0.39 is 15.8 Å². The summed E-state index contributed by atoms with van der Waals surface area (Å²) in [6.07, 6.45) is 1.00. The van der Waals surface area contributed by atoms with Crippen molar-refractivity contribution in [3.05, 3.63) is 50.4 Å². The van der Waals surface area contributed by atoms with E-state index in [-0.39, 0.29) is 11.4 Å². The van der Waals surface area contributed by atoms with Gasteiger partial charge in [-0.25, -0.2) is 17.5 Å². The van der Waals surface area contributed by atoms with E-state index in [4.69, 9.17) is 0 Å². The lowest BCUT2D eigenvalue weighted by molar-refractivity contribution is 0.260. The van der Waals surface area contributed by atoms with Gasteiger partial charge in [0.1, 0.15) is 10.7 Å². The van der Waals surface area contributed by atoms with Crippen molar-refractivity contribution in [2.75, 3.05) is 19.6 Å². The van der Waals surface area contributed by atoms with Gasteiger partial charge in [-0.15, -0.1) is 11.3 Å². The molecule has 0 aliphatic carbocycles. The number of sulfonamides is 1. The van der Waals surface area contributed by atoms with Crippen LogP contribution >= 0.6 is 27.3 Å². The molecule has 2 heterocycles. The topological polar surface area (TPSA) is 49.4 Å². The zero-order chi connectivity index (χ0) is 16.4. The molecule has 0 unspecified atom stereocenters. The zero-order valence-electron chi connectivity index (χ0n) is 12.3. The Bertz CT molecular complexity index is 808. The number of benzene rings is 1. The van der Waals surface area contributed by atoms with E-state index in [2.05, 4.69) is 37.0 Å². The SMILES string of the molecule is O=S(=O)(NCCN1CCc2sccc2C1)c1cc(Br)ccc1F. The molecule has 124 valence electrons. The molecule has 0 saturated heterocycles. The van der Waals surface area contributed by atoms with Crippen molar-refractivity contribution in [3.8, 4) is 0 Å². The van der Waals surface area contributed by atoms with Crippen LogP contribution in [0.15, 0.2) is 39.0 Å². The summed E-state index contributed by atoms with van der Waals surface area (Å²) in [5, 5.41) is 2.09. The van der Waals surface area contributed by atoms with Crippen LogP contribution in [0.5, 0.6) is 0 Å². The molecule has 0 atom stereocenters. The van der Waals surface area contributed by atoms with E-state index in [0.717, 1.165) is 25.6 Å². The summed E-state index contributed by atoms with van der Waals surface area (Å²) in [6, 6.07) is 6.01. The number of rotatable bonds is 5. The Morgan fingerprint density at radius 2 is 2.17 bits per heavy atom. The first-order valence-corrected chi connectivity index (χ1v) is 10.3. The maximum Gasteiger partial charge on any atom is 0.243 e. The molecule has 23 heavy (non-hydrogen) atoms. The molecule has 2 aromatic rings. The summed E-state index contributed by atoms with van der Waals surface area (Å²) in [5.74, 6) is -0.749. The van der Waals surface area contributed by atoms with E-state index in [9.17, 15) is 12.8 Å². The van der Waals surface area contributed by atoms with Crippen LogP contribution in [-0.4, -0.2) is 33.0 Å². The van der Waals surface area contributed by atoms with Crippen LogP contribution in [0.4, 0.5) is 4.39 Å². The van der Waals surface area contributed by atoms with Crippen LogP contribution in [0.25, 0.3) is 0 Å². The first-order valence-electron chi connectivity index (χ1n) is 7.18. The van der Waals surface area contributed by atoms with Gasteiger partial charge in [-0.3, -0.25) is 4.90 Å². The first kappa shape index (κ1) is 17.0. The van der Waals surface area contributed by atoms with Crippen molar-refractivity contribution in [1.29, 1.82) is 0 Å². The molecule has 0 fully saturated rings. The molecule has 0 amide bonds. The van der Waals surface area contributed by atoms with Crippen molar-refractivity contribution in [2.45, 2.75) is 17.9 Å². The van der Waals surface area contributed by atoms with Gasteiger partial charge in [0.05, 0.1) is 0 Å². The van der Waals surface area contributed by atoms with Crippen LogP contribution in [0, 0.1) is 5.82 Å². The maximum absolute atomic E-state index is 13.7. The Kier molecular flexibility index (Phi) is 5.17. The highest BCUT2D eigenvalue weighted by molar-refractivity contribution is 9.10. The summed E-state index contributed by atoms with van der Waals surface area (Å²) < 4.78 is 41.2. The molecule has 4 nitrogen and oxygen atoms in total. The van der Waals surface area contributed by atoms with E-state index in [1.54, 1.807) is 11.3 Å². The Morgan fingerprint density at radius 3 is 3.00 bits per heavy atom. The minimum atomic E-state index is -3.84. The molecule has 0 saturated carbocycles. The Morgan fingerprint density at radius 1 is 1.35 bits per heavy atom. The normalized spacial score (nSPS) is 15.6. The second-order valence-corrected chi connectivity index (χ2v) is 9.02. The van der Waals surface area contributed by atoms with Crippen LogP contribution < -0.4 is 4.72 Å². The van der Waals surface area contributed by atoms with Gasteiger partial charge >= 0.3 is 0 Å². The van der Waals surface area contributed by atoms with Gasteiger partial charge < -0.3 is 0 Å². The molecule has 0 radical (unpaired) electrons. The predicted molar refractivity (Wildman–Crippen MR) is 92.6 cm³/mol. The van der Waals surface area contributed by atoms with Crippen molar-refractivity contribution < 1.29 is 12.8 Å². The molecule has 1 aliphatic heterocycles. The molecule has 0 bridgehead atoms. The quantitative estimate of drug-likeness (QED) is 0.811. The highest BCUT2D eigenvalue weighted by atomic mass is 79.9. The third-order valence-corrected chi connectivity index (χ3v) is 6.78. The fraction of sp³-hybridized carbons (Fsp3) is 0.333. The lowest BCUT2D eigenvalue weighted by Crippen LogP contribution is -2.37. The van der Waals surface area contributed by atoms with Gasteiger partial charge in [0.2, 0.25) is 10.0 Å². The summed E-state index contributed by atoms with van der Waals surface area (Å²) in [4.78, 5) is 3.29. The van der Waals surface area contributed by atoms with E-state index >= 15 is 0 Å². The van der Waals surface area contributed by atoms with Crippen molar-refractivity contribution in [2.24, 2.45) is 0 Å². The second-order valence-electron chi connectivity index (χ2n) is 5.37. The zero-order valence-corrected chi connectivity index (χ0v) is 15.5. The minimum absolute atomic E-state index is 0.258. The second kappa shape index (κ2) is 6.98. The van der Waals surface area contributed by atoms with Crippen molar-refractivity contribution >= 4 is 37.3 Å². The average molecular weight is 419 g/mol. The number of hydrogen-bond acceptors (Lipinski definition) is 4. The number of nitrogens with zero attached hydrogens (tertiary/aromatic N) is 1. The molecule has 3 rings (SSSR count). The van der Waals surface area contributed by atoms with Gasteiger partial charge in [-0.2, -0.15) is 0 Å². The van der Waals surface area contributed by atoms with E-state index in [1.165, 1.54) is 22.6 Å². The van der Waals surface area contributed by atoms with E-state index in [1.807, 2.05) is 0 Å². The lowest BCUT2D eigenvalue weighted by Gasteiger charge is -2.26. The highest BCUT2D eigenvalue weighted by Gasteiger charge is 2.21. The molecule has 8 heteroatoms. The molecule has 1 N–H and O–H groups in total. The van der Waals surface area contributed by atoms with Crippen molar-refractivity contribution in [1.82, 2.24) is 9.62 Å². The first-order chi connectivity index (χ1) is 11.0. The van der Waals surface area contributed by atoms with Gasteiger partial charge in [0.15, 0.2) is 0 Å². The highest BCUT2D eigenvalue weighted by Crippen LogP contribution is 2.24. The van der Waals surface area contributed by atoms with Crippen LogP contribution in [0.2, 0.25) is 0 Å². The average Bonchev–Trinajstić information content (AvgIpc) is 2.97. The van der Waals surface area contributed by atoms with Crippen molar-refractivity contribution in [3.63, 3.8) is 0 Å². The number of nitrogens with one attached hydrogen (secondary N) is 1. The molecule has 1 aromatic carbocycles. The number of hydrogen-bond donors (Lipinski definition) is 1. The van der Waals surface area contributed by atoms with Gasteiger partial charge in [-0.05, 0) is 41.6 Å². The van der Waals surface area contributed by atoms with Crippen LogP contribution in [0.3, 0.4) is 0 Å². The largest absolute Gasteiger partial charge is 0.297 e. The fourth-order valence-electron chi connectivity index (χ4n) is 2.60. The molecule has 1 aliphatic rings. The van der Waals surface area contributed by atoms with Crippen LogP contribution in [-0.2, 0) is 23.0 Å². The third-order valence-electron chi connectivity index (χ3n) is 3.79. The predicted octanol–water partition coefficient (Wildman–Crippen LogP) is 2.99. The smallest absolute Gasteiger partial charge is 0.243 e. The summed E-state index contributed by atoms with van der Waals surface area (Å²) in [6.45, 7) is 2.62. The van der Waals surface area contributed by atoms with E-state index in [0.29, 0.717) is 11.0 Å². The monoisotopic (exact) mass is 418 g/mol. The number of halogens is 2. The number of fused-ring (bicyclic) bond motifs is 1. The van der Waals surface area contributed by atoms with Crippen LogP contribution in [0.1, 0.15) is 10.4 Å².